The molecule has 6 nitrogen and oxygen atoms in total. The second kappa shape index (κ2) is 5.22. The molecule has 106 valence electrons. The number of hydrogen-bond acceptors (Lipinski definition) is 6. The van der Waals surface area contributed by atoms with Gasteiger partial charge < -0.3 is 19.1 Å². The molecule has 0 saturated carbocycles. The zero-order chi connectivity index (χ0) is 14.0. The van der Waals surface area contributed by atoms with Crippen LogP contribution in [0.1, 0.15) is 18.7 Å². The van der Waals surface area contributed by atoms with Crippen molar-refractivity contribution in [1.82, 2.24) is 10.1 Å². The third-order valence-corrected chi connectivity index (χ3v) is 3.62. The Balaban J connectivity index is 1.93. The van der Waals surface area contributed by atoms with Crippen molar-refractivity contribution >= 4 is 0 Å². The molecule has 2 aromatic rings. The number of aromatic nitrogens is 2. The zero-order valence-corrected chi connectivity index (χ0v) is 11.2. The van der Waals surface area contributed by atoms with Crippen molar-refractivity contribution in [3.05, 3.63) is 30.1 Å². The standard InChI is InChI=1S/C14H16N2O4/c1-18-14(5-7-19-8-6-14)13-15-12(20-16-13)10-3-2-4-11(17)9-10/h2-4,9,17H,5-8H2,1H3. The summed E-state index contributed by atoms with van der Waals surface area (Å²) in [7, 11) is 1.65. The molecule has 1 N–H and O–H groups in total. The minimum absolute atomic E-state index is 0.162. The van der Waals surface area contributed by atoms with Crippen LogP contribution in [0.15, 0.2) is 28.8 Å². The van der Waals surface area contributed by atoms with Crippen LogP contribution < -0.4 is 0 Å². The van der Waals surface area contributed by atoms with Crippen LogP contribution in [-0.2, 0) is 15.1 Å². The zero-order valence-electron chi connectivity index (χ0n) is 11.2. The van der Waals surface area contributed by atoms with Crippen molar-refractivity contribution in [2.75, 3.05) is 20.3 Å². The van der Waals surface area contributed by atoms with E-state index in [1.807, 2.05) is 0 Å². The molecule has 1 aliphatic heterocycles. The Labute approximate surface area is 116 Å². The van der Waals surface area contributed by atoms with Crippen molar-refractivity contribution in [3.8, 4) is 17.2 Å². The van der Waals surface area contributed by atoms with Crippen molar-refractivity contribution in [2.24, 2.45) is 0 Å². The molecule has 6 heteroatoms. The fraction of sp³-hybridized carbons (Fsp3) is 0.429. The summed E-state index contributed by atoms with van der Waals surface area (Å²) < 4.78 is 16.3. The van der Waals surface area contributed by atoms with Crippen molar-refractivity contribution < 1.29 is 19.1 Å². The normalized spacial score (nSPS) is 18.1. The highest BCUT2D eigenvalue weighted by atomic mass is 16.5. The molecule has 0 aliphatic carbocycles. The Morgan fingerprint density at radius 3 is 2.80 bits per heavy atom. The smallest absolute Gasteiger partial charge is 0.258 e. The van der Waals surface area contributed by atoms with Crippen LogP contribution in [-0.4, -0.2) is 35.6 Å². The van der Waals surface area contributed by atoms with Crippen LogP contribution in [0, 0.1) is 0 Å². The van der Waals surface area contributed by atoms with E-state index in [1.165, 1.54) is 0 Å². The molecule has 1 fully saturated rings. The third kappa shape index (κ3) is 2.28. The number of methoxy groups -OCH3 is 1. The summed E-state index contributed by atoms with van der Waals surface area (Å²) in [4.78, 5) is 4.42. The first kappa shape index (κ1) is 13.1. The van der Waals surface area contributed by atoms with Crippen molar-refractivity contribution in [3.63, 3.8) is 0 Å². The Morgan fingerprint density at radius 2 is 2.10 bits per heavy atom. The molecular formula is C14H16N2O4. The van der Waals surface area contributed by atoms with Crippen LogP contribution in [0.4, 0.5) is 0 Å². The van der Waals surface area contributed by atoms with Gasteiger partial charge in [0.15, 0.2) is 0 Å². The van der Waals surface area contributed by atoms with E-state index >= 15 is 0 Å². The monoisotopic (exact) mass is 276 g/mol. The van der Waals surface area contributed by atoms with E-state index in [-0.39, 0.29) is 5.75 Å². The van der Waals surface area contributed by atoms with E-state index in [2.05, 4.69) is 10.1 Å². The van der Waals surface area contributed by atoms with E-state index in [1.54, 1.807) is 31.4 Å². The van der Waals surface area contributed by atoms with Gasteiger partial charge in [0.25, 0.3) is 5.89 Å². The average Bonchev–Trinajstić information content (AvgIpc) is 2.98. The summed E-state index contributed by atoms with van der Waals surface area (Å²) in [5, 5.41) is 13.5. The SMILES string of the molecule is COC1(c2noc(-c3cccc(O)c3)n2)CCOCC1. The summed E-state index contributed by atoms with van der Waals surface area (Å²) in [6, 6.07) is 6.71. The van der Waals surface area contributed by atoms with Gasteiger partial charge in [-0.2, -0.15) is 4.98 Å². The Morgan fingerprint density at radius 1 is 1.30 bits per heavy atom. The minimum atomic E-state index is -0.545. The molecule has 0 amide bonds. The van der Waals surface area contributed by atoms with E-state index in [9.17, 15) is 5.11 Å². The van der Waals surface area contributed by atoms with Gasteiger partial charge in [0.2, 0.25) is 5.82 Å². The quantitative estimate of drug-likeness (QED) is 0.925. The van der Waals surface area contributed by atoms with Crippen LogP contribution in [0.25, 0.3) is 11.5 Å². The predicted molar refractivity (Wildman–Crippen MR) is 70.1 cm³/mol. The molecule has 3 rings (SSSR count). The van der Waals surface area contributed by atoms with E-state index < -0.39 is 5.60 Å². The summed E-state index contributed by atoms with van der Waals surface area (Å²) in [5.74, 6) is 1.07. The molecule has 1 saturated heterocycles. The molecule has 0 bridgehead atoms. The Hall–Kier alpha value is -1.92. The summed E-state index contributed by atoms with van der Waals surface area (Å²) in [5.41, 5.74) is 0.138. The number of hydrogen-bond donors (Lipinski definition) is 1. The summed E-state index contributed by atoms with van der Waals surface area (Å²) in [6.07, 6.45) is 1.39. The number of phenols is 1. The molecule has 1 aromatic carbocycles. The van der Waals surface area contributed by atoms with Gasteiger partial charge >= 0.3 is 0 Å². The van der Waals surface area contributed by atoms with Gasteiger partial charge in [-0.3, -0.25) is 0 Å². The van der Waals surface area contributed by atoms with Gasteiger partial charge in [0.05, 0.1) is 0 Å². The molecule has 2 heterocycles. The first-order chi connectivity index (χ1) is 9.73. The van der Waals surface area contributed by atoms with Crippen LogP contribution in [0.3, 0.4) is 0 Å². The molecule has 20 heavy (non-hydrogen) atoms. The van der Waals surface area contributed by atoms with Crippen molar-refractivity contribution in [2.45, 2.75) is 18.4 Å². The third-order valence-electron chi connectivity index (χ3n) is 3.62. The Kier molecular flexibility index (Phi) is 3.42. The van der Waals surface area contributed by atoms with E-state index in [0.717, 1.165) is 0 Å². The van der Waals surface area contributed by atoms with Gasteiger partial charge in [0, 0.05) is 38.7 Å². The number of ether oxygens (including phenoxy) is 2. The number of rotatable bonds is 3. The maximum atomic E-state index is 9.50. The topological polar surface area (TPSA) is 77.6 Å². The second-order valence-electron chi connectivity index (χ2n) is 4.78. The molecule has 0 spiro atoms. The van der Waals surface area contributed by atoms with Gasteiger partial charge in [0.1, 0.15) is 11.4 Å². The molecule has 1 aromatic heterocycles. The highest BCUT2D eigenvalue weighted by molar-refractivity contribution is 5.55. The fourth-order valence-electron chi connectivity index (χ4n) is 2.38. The lowest BCUT2D eigenvalue weighted by atomic mass is 9.93. The average molecular weight is 276 g/mol. The maximum Gasteiger partial charge on any atom is 0.258 e. The molecule has 0 unspecified atom stereocenters. The number of phenolic OH excluding ortho intramolecular Hbond substituents is 1. The van der Waals surface area contributed by atoms with Gasteiger partial charge in [-0.25, -0.2) is 0 Å². The lowest BCUT2D eigenvalue weighted by Gasteiger charge is -2.32. The minimum Gasteiger partial charge on any atom is -0.508 e. The van der Waals surface area contributed by atoms with Crippen LogP contribution in [0.5, 0.6) is 5.75 Å². The predicted octanol–water partition coefficient (Wildman–Crippen LogP) is 2.09. The summed E-state index contributed by atoms with van der Waals surface area (Å²) >= 11 is 0. The van der Waals surface area contributed by atoms with Crippen LogP contribution in [0.2, 0.25) is 0 Å². The largest absolute Gasteiger partial charge is 0.508 e. The molecule has 0 atom stereocenters. The fourth-order valence-corrected chi connectivity index (χ4v) is 2.38. The number of aromatic hydroxyl groups is 1. The highest BCUT2D eigenvalue weighted by Crippen LogP contribution is 2.34. The molecule has 1 aliphatic rings. The molecule has 0 radical (unpaired) electrons. The van der Waals surface area contributed by atoms with Crippen molar-refractivity contribution in [1.29, 1.82) is 0 Å². The van der Waals surface area contributed by atoms with Gasteiger partial charge in [-0.05, 0) is 18.2 Å². The van der Waals surface area contributed by atoms with Gasteiger partial charge in [-0.1, -0.05) is 11.2 Å². The first-order valence-electron chi connectivity index (χ1n) is 6.50. The summed E-state index contributed by atoms with van der Waals surface area (Å²) in [6.45, 7) is 1.23. The lowest BCUT2D eigenvalue weighted by molar-refractivity contribution is -0.101. The van der Waals surface area contributed by atoms with E-state index in [4.69, 9.17) is 14.0 Å². The van der Waals surface area contributed by atoms with Crippen LogP contribution >= 0.6 is 0 Å². The lowest BCUT2D eigenvalue weighted by Crippen LogP contribution is -2.36. The number of nitrogens with zero attached hydrogens (tertiary/aromatic N) is 2. The number of benzene rings is 1. The van der Waals surface area contributed by atoms with Gasteiger partial charge in [-0.15, -0.1) is 0 Å². The Bertz CT molecular complexity index is 590. The highest BCUT2D eigenvalue weighted by Gasteiger charge is 2.39. The second-order valence-corrected chi connectivity index (χ2v) is 4.78. The first-order valence-corrected chi connectivity index (χ1v) is 6.50. The molecular weight excluding hydrogens is 260 g/mol. The van der Waals surface area contributed by atoms with E-state index in [0.29, 0.717) is 43.3 Å². The maximum absolute atomic E-state index is 9.50.